The van der Waals surface area contributed by atoms with Gasteiger partial charge in [-0.2, -0.15) is 0 Å². The Bertz CT molecular complexity index is 1550. The molecule has 5 rings (SSSR count). The van der Waals surface area contributed by atoms with Gasteiger partial charge in [-0.05, 0) is 18.2 Å². The molecule has 0 unspecified atom stereocenters. The van der Waals surface area contributed by atoms with Crippen molar-refractivity contribution in [3.8, 4) is 40.1 Å². The van der Waals surface area contributed by atoms with E-state index in [9.17, 15) is 61.0 Å². The highest BCUT2D eigenvalue weighted by atomic mass is 16.7. The molecule has 3 aromatic rings. The Hall–Kier alpha value is -3.75. The van der Waals surface area contributed by atoms with Gasteiger partial charge in [-0.3, -0.25) is 4.79 Å². The fourth-order valence-electron chi connectivity index (χ4n) is 4.89. The van der Waals surface area contributed by atoms with Crippen molar-refractivity contribution in [3.63, 3.8) is 0 Å². The van der Waals surface area contributed by atoms with E-state index in [4.69, 9.17) is 23.4 Å². The zero-order valence-corrected chi connectivity index (χ0v) is 22.4. The monoisotopic (exact) mass is 626 g/mol. The second kappa shape index (κ2) is 12.3. The molecule has 2 aromatic carbocycles. The Morgan fingerprint density at radius 2 is 1.25 bits per heavy atom. The van der Waals surface area contributed by atoms with Crippen molar-refractivity contribution in [2.24, 2.45) is 0 Å². The van der Waals surface area contributed by atoms with Gasteiger partial charge in [-0.25, -0.2) is 0 Å². The average molecular weight is 627 g/mol. The van der Waals surface area contributed by atoms with Gasteiger partial charge in [0.1, 0.15) is 71.3 Å². The smallest absolute Gasteiger partial charge is 0.239 e. The highest BCUT2D eigenvalue weighted by Gasteiger charge is 2.46. The Balaban J connectivity index is 1.55. The molecule has 240 valence electrons. The molecule has 1 aromatic heterocycles. The van der Waals surface area contributed by atoms with Crippen LogP contribution >= 0.6 is 0 Å². The van der Waals surface area contributed by atoms with Crippen LogP contribution in [0.4, 0.5) is 0 Å². The molecule has 17 nitrogen and oxygen atoms in total. The average Bonchev–Trinajstić information content (AvgIpc) is 2.99. The number of fused-ring (bicyclic) bond motifs is 1. The van der Waals surface area contributed by atoms with E-state index >= 15 is 0 Å². The summed E-state index contributed by atoms with van der Waals surface area (Å²) in [6.45, 7) is -1.52. The number of phenolic OH excluding ortho intramolecular Hbond substituents is 3. The van der Waals surface area contributed by atoms with E-state index in [-0.39, 0.29) is 16.9 Å². The van der Waals surface area contributed by atoms with Crippen molar-refractivity contribution >= 4 is 11.0 Å². The summed E-state index contributed by atoms with van der Waals surface area (Å²) in [5.41, 5.74) is -1.47. The third-order valence-electron chi connectivity index (χ3n) is 7.31. The molecule has 2 fully saturated rings. The minimum absolute atomic E-state index is 0.0925. The molecule has 2 aliphatic heterocycles. The molecule has 0 spiro atoms. The highest BCUT2D eigenvalue weighted by molar-refractivity contribution is 5.88. The van der Waals surface area contributed by atoms with Crippen molar-refractivity contribution in [3.05, 3.63) is 40.6 Å². The number of phenols is 3. The van der Waals surface area contributed by atoms with E-state index < -0.39 is 114 Å². The molecular weight excluding hydrogens is 596 g/mol. The lowest BCUT2D eigenvalue weighted by atomic mass is 9.99. The lowest BCUT2D eigenvalue weighted by Gasteiger charge is -2.39. The molecular formula is C27H30O17. The molecule has 11 N–H and O–H groups in total. The molecule has 10 atom stereocenters. The summed E-state index contributed by atoms with van der Waals surface area (Å²) in [4.78, 5) is 13.6. The Morgan fingerprint density at radius 1 is 0.682 bits per heavy atom. The zero-order chi connectivity index (χ0) is 32.0. The number of aromatic hydroxyl groups is 3. The van der Waals surface area contributed by atoms with Crippen LogP contribution in [0.1, 0.15) is 0 Å². The fourth-order valence-corrected chi connectivity index (χ4v) is 4.89. The number of aliphatic hydroxyl groups excluding tert-OH is 8. The summed E-state index contributed by atoms with van der Waals surface area (Å²) in [5, 5.41) is 110. The molecule has 0 aliphatic carbocycles. The summed E-state index contributed by atoms with van der Waals surface area (Å²) in [6.07, 6.45) is -16.9. The second-order valence-electron chi connectivity index (χ2n) is 10.2. The summed E-state index contributed by atoms with van der Waals surface area (Å²) in [7, 11) is 0. The fraction of sp³-hybridized carbons (Fsp3) is 0.444. The van der Waals surface area contributed by atoms with E-state index in [1.807, 2.05) is 0 Å². The molecule has 2 saturated heterocycles. The minimum Gasteiger partial charge on any atom is -0.508 e. The van der Waals surface area contributed by atoms with E-state index in [0.29, 0.717) is 0 Å². The van der Waals surface area contributed by atoms with Crippen LogP contribution in [0.2, 0.25) is 0 Å². The zero-order valence-electron chi connectivity index (χ0n) is 22.4. The van der Waals surface area contributed by atoms with E-state index in [1.54, 1.807) is 0 Å². The minimum atomic E-state index is -1.94. The van der Waals surface area contributed by atoms with Gasteiger partial charge in [0.05, 0.1) is 13.2 Å². The van der Waals surface area contributed by atoms with Gasteiger partial charge in [0.15, 0.2) is 17.3 Å². The standard InChI is InChI=1S/C27H30O17/c28-6-14-17(33)20(36)22(38)26(42-14)41-12-2-1-8(3-10(12)31)24-25(19(35)16-11(32)4-9(30)5-13(16)40-24)44-27-23(39)21(37)18(34)15(7-29)43-27/h1-5,14-15,17-18,20-23,26-34,36-39H,6-7H2/t14-,15+,17-,18-,20-,21+,22+,23+,26-,27+/m0/s1. The molecule has 3 heterocycles. The third kappa shape index (κ3) is 5.61. The summed E-state index contributed by atoms with van der Waals surface area (Å²) < 4.78 is 27.4. The summed E-state index contributed by atoms with van der Waals surface area (Å²) in [5.74, 6) is -3.31. The van der Waals surface area contributed by atoms with Crippen LogP contribution in [0.15, 0.2) is 39.5 Å². The number of hydrogen-bond acceptors (Lipinski definition) is 17. The maximum atomic E-state index is 13.6. The number of benzene rings is 2. The van der Waals surface area contributed by atoms with E-state index in [2.05, 4.69) is 0 Å². The number of hydrogen-bond donors (Lipinski definition) is 11. The largest absolute Gasteiger partial charge is 0.508 e. The maximum Gasteiger partial charge on any atom is 0.239 e. The lowest BCUT2D eigenvalue weighted by molar-refractivity contribution is -0.277. The first-order valence-electron chi connectivity index (χ1n) is 13.2. The van der Waals surface area contributed by atoms with Crippen LogP contribution < -0.4 is 14.9 Å². The van der Waals surface area contributed by atoms with Crippen molar-refractivity contribution in [1.29, 1.82) is 0 Å². The lowest BCUT2D eigenvalue weighted by Crippen LogP contribution is -2.60. The van der Waals surface area contributed by atoms with Gasteiger partial charge in [-0.1, -0.05) is 0 Å². The quantitative estimate of drug-likeness (QED) is 0.124. The first-order chi connectivity index (χ1) is 20.9. The first-order valence-corrected chi connectivity index (χ1v) is 13.2. The Labute approximate surface area is 246 Å². The van der Waals surface area contributed by atoms with Crippen LogP contribution in [0, 0.1) is 0 Å². The Morgan fingerprint density at radius 3 is 1.80 bits per heavy atom. The van der Waals surface area contributed by atoms with E-state index in [1.165, 1.54) is 6.07 Å². The summed E-state index contributed by atoms with van der Waals surface area (Å²) in [6, 6.07) is 5.23. The van der Waals surface area contributed by atoms with Crippen molar-refractivity contribution in [1.82, 2.24) is 0 Å². The van der Waals surface area contributed by atoms with Crippen LogP contribution in [0.25, 0.3) is 22.3 Å². The van der Waals surface area contributed by atoms with Crippen LogP contribution in [0.5, 0.6) is 28.7 Å². The summed E-state index contributed by atoms with van der Waals surface area (Å²) >= 11 is 0. The van der Waals surface area contributed by atoms with Crippen molar-refractivity contribution in [2.75, 3.05) is 13.2 Å². The molecule has 0 amide bonds. The Kier molecular flexibility index (Phi) is 8.87. The highest BCUT2D eigenvalue weighted by Crippen LogP contribution is 2.40. The molecule has 0 bridgehead atoms. The predicted octanol–water partition coefficient (Wildman–Crippen LogP) is -3.07. The number of ether oxygens (including phenoxy) is 4. The topological polar surface area (TPSA) is 290 Å². The van der Waals surface area contributed by atoms with Gasteiger partial charge < -0.3 is 79.5 Å². The SMILES string of the molecule is O=c1c(O[C@H]2O[C@H](CO)[C@H](O)[C@@H](O)[C@H]2O)c(-c2ccc(O[C@H]3O[C@@H](CO)[C@H](O)[C@H](O)[C@H]3O)c(O)c2)oc2cc(O)cc(O)c12. The molecule has 0 saturated carbocycles. The third-order valence-corrected chi connectivity index (χ3v) is 7.31. The van der Waals surface area contributed by atoms with Gasteiger partial charge in [0, 0.05) is 17.7 Å². The van der Waals surface area contributed by atoms with Crippen LogP contribution in [-0.2, 0) is 9.47 Å². The van der Waals surface area contributed by atoms with Gasteiger partial charge in [0.2, 0.25) is 23.8 Å². The number of rotatable bonds is 7. The molecule has 17 heteroatoms. The van der Waals surface area contributed by atoms with Crippen molar-refractivity contribution in [2.45, 2.75) is 61.4 Å². The second-order valence-corrected chi connectivity index (χ2v) is 10.2. The van der Waals surface area contributed by atoms with Crippen LogP contribution in [0.3, 0.4) is 0 Å². The first kappa shape index (κ1) is 31.7. The van der Waals surface area contributed by atoms with Crippen LogP contribution in [-0.4, -0.2) is 131 Å². The molecule has 44 heavy (non-hydrogen) atoms. The number of aliphatic hydroxyl groups is 8. The van der Waals surface area contributed by atoms with Gasteiger partial charge in [0.25, 0.3) is 0 Å². The normalized spacial score (nSPS) is 32.5. The molecule has 2 aliphatic rings. The molecule has 0 radical (unpaired) electrons. The van der Waals surface area contributed by atoms with Gasteiger partial charge >= 0.3 is 0 Å². The van der Waals surface area contributed by atoms with Gasteiger partial charge in [-0.15, -0.1) is 0 Å². The maximum absolute atomic E-state index is 13.6. The predicted molar refractivity (Wildman–Crippen MR) is 142 cm³/mol. The van der Waals surface area contributed by atoms with E-state index in [0.717, 1.165) is 24.3 Å². The van der Waals surface area contributed by atoms with Crippen molar-refractivity contribution < 1.29 is 79.5 Å².